The van der Waals surface area contributed by atoms with Crippen molar-refractivity contribution in [3.63, 3.8) is 0 Å². The maximum absolute atomic E-state index is 6.27. The number of hydrogen-bond acceptors (Lipinski definition) is 1. The first-order valence-corrected chi connectivity index (χ1v) is 7.54. The van der Waals surface area contributed by atoms with E-state index < -0.39 is 0 Å². The third-order valence-corrected chi connectivity index (χ3v) is 4.07. The summed E-state index contributed by atoms with van der Waals surface area (Å²) in [4.78, 5) is 0. The van der Waals surface area contributed by atoms with Gasteiger partial charge < -0.3 is 5.32 Å². The van der Waals surface area contributed by atoms with E-state index in [-0.39, 0.29) is 0 Å². The lowest BCUT2D eigenvalue weighted by molar-refractivity contribution is 0.696. The number of rotatable bonds is 4. The first kappa shape index (κ1) is 14.1. The lowest BCUT2D eigenvalue weighted by atomic mass is 10.0. The van der Waals surface area contributed by atoms with Crippen LogP contribution in [-0.2, 0) is 13.1 Å². The van der Waals surface area contributed by atoms with Gasteiger partial charge in [0.05, 0.1) is 0 Å². The molecule has 0 aromatic heterocycles. The maximum Gasteiger partial charge on any atom is 0.0453 e. The summed E-state index contributed by atoms with van der Waals surface area (Å²) in [7, 11) is 0. The summed E-state index contributed by atoms with van der Waals surface area (Å²) in [6.45, 7) is 3.67. The fourth-order valence-corrected chi connectivity index (χ4v) is 2.88. The Bertz CT molecular complexity index is 759. The summed E-state index contributed by atoms with van der Waals surface area (Å²) in [5.74, 6) is 0. The average molecular weight is 296 g/mol. The third-order valence-electron chi connectivity index (χ3n) is 3.72. The van der Waals surface area contributed by atoms with Crippen molar-refractivity contribution in [1.29, 1.82) is 0 Å². The van der Waals surface area contributed by atoms with Crippen LogP contribution >= 0.6 is 11.6 Å². The van der Waals surface area contributed by atoms with E-state index in [1.54, 1.807) is 0 Å². The Morgan fingerprint density at radius 3 is 2.48 bits per heavy atom. The quantitative estimate of drug-likeness (QED) is 0.707. The Labute approximate surface area is 130 Å². The van der Waals surface area contributed by atoms with E-state index in [9.17, 15) is 0 Å². The second-order valence-electron chi connectivity index (χ2n) is 5.34. The van der Waals surface area contributed by atoms with Crippen molar-refractivity contribution in [2.24, 2.45) is 0 Å². The van der Waals surface area contributed by atoms with E-state index in [0.29, 0.717) is 0 Å². The number of halogens is 1. The average Bonchev–Trinajstić information content (AvgIpc) is 2.50. The molecule has 0 saturated heterocycles. The second kappa shape index (κ2) is 6.30. The predicted molar refractivity (Wildman–Crippen MR) is 90.7 cm³/mol. The van der Waals surface area contributed by atoms with Crippen molar-refractivity contribution in [2.45, 2.75) is 20.0 Å². The highest BCUT2D eigenvalue weighted by atomic mass is 35.5. The topological polar surface area (TPSA) is 12.0 Å². The molecule has 0 amide bonds. The van der Waals surface area contributed by atoms with Gasteiger partial charge in [-0.1, -0.05) is 66.2 Å². The van der Waals surface area contributed by atoms with Crippen LogP contribution < -0.4 is 5.32 Å². The lowest BCUT2D eigenvalue weighted by Crippen LogP contribution is -2.13. The largest absolute Gasteiger partial charge is 0.309 e. The smallest absolute Gasteiger partial charge is 0.0453 e. The number of benzene rings is 3. The highest BCUT2D eigenvalue weighted by Gasteiger charge is 2.02. The molecule has 0 aliphatic carbocycles. The minimum absolute atomic E-state index is 0.780. The van der Waals surface area contributed by atoms with Gasteiger partial charge in [-0.05, 0) is 40.5 Å². The molecular weight excluding hydrogens is 278 g/mol. The third kappa shape index (κ3) is 3.26. The van der Waals surface area contributed by atoms with Gasteiger partial charge in [0, 0.05) is 18.1 Å². The first-order valence-electron chi connectivity index (χ1n) is 7.16. The summed E-state index contributed by atoms with van der Waals surface area (Å²) in [5, 5.41) is 6.91. The van der Waals surface area contributed by atoms with E-state index in [1.807, 2.05) is 6.07 Å². The fraction of sp³-hybridized carbons (Fsp3) is 0.158. The van der Waals surface area contributed by atoms with Crippen molar-refractivity contribution in [3.8, 4) is 0 Å². The summed E-state index contributed by atoms with van der Waals surface area (Å²) in [6.07, 6.45) is 0. The molecule has 21 heavy (non-hydrogen) atoms. The molecule has 106 valence electrons. The zero-order chi connectivity index (χ0) is 14.7. The standard InChI is InChI=1S/C19H18ClN/c1-14-9-10-17(19(20)11-14)13-21-12-16-7-4-6-15-5-2-3-8-18(15)16/h2-11,21H,12-13H2,1H3. The molecule has 0 heterocycles. The molecule has 0 bridgehead atoms. The Morgan fingerprint density at radius 1 is 0.857 bits per heavy atom. The summed E-state index contributed by atoms with van der Waals surface area (Å²) >= 11 is 6.27. The molecule has 2 heteroatoms. The van der Waals surface area contributed by atoms with Crippen LogP contribution in [0.3, 0.4) is 0 Å². The van der Waals surface area contributed by atoms with E-state index in [2.05, 4.69) is 66.8 Å². The SMILES string of the molecule is Cc1ccc(CNCc2cccc3ccccc23)c(Cl)c1. The molecule has 3 rings (SSSR count). The molecule has 1 N–H and O–H groups in total. The minimum Gasteiger partial charge on any atom is -0.309 e. The fourth-order valence-electron chi connectivity index (χ4n) is 2.57. The molecule has 0 spiro atoms. The summed E-state index contributed by atoms with van der Waals surface area (Å²) in [6, 6.07) is 21.1. The van der Waals surface area contributed by atoms with Crippen LogP contribution in [0.1, 0.15) is 16.7 Å². The van der Waals surface area contributed by atoms with Crippen LogP contribution in [0.4, 0.5) is 0 Å². The van der Waals surface area contributed by atoms with Gasteiger partial charge in [0.15, 0.2) is 0 Å². The van der Waals surface area contributed by atoms with Gasteiger partial charge in [-0.25, -0.2) is 0 Å². The van der Waals surface area contributed by atoms with Gasteiger partial charge in [-0.3, -0.25) is 0 Å². The lowest BCUT2D eigenvalue weighted by Gasteiger charge is -2.10. The van der Waals surface area contributed by atoms with Gasteiger partial charge in [-0.15, -0.1) is 0 Å². The van der Waals surface area contributed by atoms with Crippen LogP contribution in [0.5, 0.6) is 0 Å². The van der Waals surface area contributed by atoms with Crippen molar-refractivity contribution in [2.75, 3.05) is 0 Å². The van der Waals surface area contributed by atoms with Crippen molar-refractivity contribution in [1.82, 2.24) is 5.32 Å². The van der Waals surface area contributed by atoms with Gasteiger partial charge in [0.2, 0.25) is 0 Å². The number of fused-ring (bicyclic) bond motifs is 1. The minimum atomic E-state index is 0.780. The van der Waals surface area contributed by atoms with Crippen LogP contribution in [0.2, 0.25) is 5.02 Å². The molecule has 3 aromatic carbocycles. The molecule has 0 fully saturated rings. The Kier molecular flexibility index (Phi) is 4.23. The van der Waals surface area contributed by atoms with Crippen LogP contribution in [0, 0.1) is 6.92 Å². The number of hydrogen-bond donors (Lipinski definition) is 1. The Balaban J connectivity index is 1.72. The van der Waals surface area contributed by atoms with Crippen molar-refractivity contribution in [3.05, 3.63) is 82.4 Å². The molecule has 0 radical (unpaired) electrons. The normalized spacial score (nSPS) is 11.0. The summed E-state index contributed by atoms with van der Waals surface area (Å²) < 4.78 is 0. The molecule has 3 aromatic rings. The number of aryl methyl sites for hydroxylation is 1. The van der Waals surface area contributed by atoms with E-state index >= 15 is 0 Å². The molecule has 1 nitrogen and oxygen atoms in total. The molecule has 0 atom stereocenters. The van der Waals surface area contributed by atoms with Crippen molar-refractivity contribution >= 4 is 22.4 Å². The zero-order valence-electron chi connectivity index (χ0n) is 12.1. The highest BCUT2D eigenvalue weighted by Crippen LogP contribution is 2.20. The molecule has 0 saturated carbocycles. The Morgan fingerprint density at radius 2 is 1.62 bits per heavy atom. The van der Waals surface area contributed by atoms with Gasteiger partial charge in [0.25, 0.3) is 0 Å². The van der Waals surface area contributed by atoms with Crippen LogP contribution in [0.25, 0.3) is 10.8 Å². The van der Waals surface area contributed by atoms with Gasteiger partial charge in [0.1, 0.15) is 0 Å². The van der Waals surface area contributed by atoms with E-state index in [1.165, 1.54) is 21.9 Å². The first-order chi connectivity index (χ1) is 10.2. The van der Waals surface area contributed by atoms with Crippen LogP contribution in [0.15, 0.2) is 60.7 Å². The predicted octanol–water partition coefficient (Wildman–Crippen LogP) is 5.09. The van der Waals surface area contributed by atoms with Gasteiger partial charge >= 0.3 is 0 Å². The summed E-state index contributed by atoms with van der Waals surface area (Å²) in [5.41, 5.74) is 3.65. The molecule has 0 aliphatic heterocycles. The molecular formula is C19H18ClN. The maximum atomic E-state index is 6.27. The number of nitrogens with one attached hydrogen (secondary N) is 1. The second-order valence-corrected chi connectivity index (χ2v) is 5.74. The van der Waals surface area contributed by atoms with Crippen molar-refractivity contribution < 1.29 is 0 Å². The zero-order valence-corrected chi connectivity index (χ0v) is 12.8. The van der Waals surface area contributed by atoms with E-state index in [4.69, 9.17) is 11.6 Å². The monoisotopic (exact) mass is 295 g/mol. The van der Waals surface area contributed by atoms with Crippen LogP contribution in [-0.4, -0.2) is 0 Å². The van der Waals surface area contributed by atoms with E-state index in [0.717, 1.165) is 23.7 Å². The molecule has 0 aliphatic rings. The highest BCUT2D eigenvalue weighted by molar-refractivity contribution is 6.31. The van der Waals surface area contributed by atoms with Gasteiger partial charge in [-0.2, -0.15) is 0 Å². The Hall–Kier alpha value is -1.83. The molecule has 0 unspecified atom stereocenters.